The number of hydrogen-bond acceptors (Lipinski definition) is 4. The molecule has 0 unspecified atom stereocenters. The van der Waals surface area contributed by atoms with Crippen molar-refractivity contribution in [2.75, 3.05) is 11.9 Å². The lowest BCUT2D eigenvalue weighted by Gasteiger charge is -2.33. The highest BCUT2D eigenvalue weighted by Gasteiger charge is 2.27. The lowest BCUT2D eigenvalue weighted by molar-refractivity contribution is -0.118. The number of nitrogens with zero attached hydrogens (tertiary/aromatic N) is 1. The van der Waals surface area contributed by atoms with Gasteiger partial charge in [0.15, 0.2) is 11.7 Å². The normalized spacial score (nSPS) is 12.0. The molecule has 3 rings (SSSR count). The van der Waals surface area contributed by atoms with Crippen LogP contribution < -0.4 is 10.1 Å². The number of ether oxygens (including phenoxy) is 1. The number of nitrogens with one attached hydrogen (secondary N) is 1. The molecule has 0 fully saturated rings. The lowest BCUT2D eigenvalue weighted by Crippen LogP contribution is -2.24. The van der Waals surface area contributed by atoms with E-state index in [9.17, 15) is 4.79 Å². The van der Waals surface area contributed by atoms with Crippen LogP contribution in [-0.4, -0.2) is 17.5 Å². The third kappa shape index (κ3) is 7.46. The Hall–Kier alpha value is -2.08. The van der Waals surface area contributed by atoms with Crippen LogP contribution in [0.3, 0.4) is 0 Å². The maximum absolute atomic E-state index is 12.3. The highest BCUT2D eigenvalue weighted by molar-refractivity contribution is 7.15. The summed E-state index contributed by atoms with van der Waals surface area (Å²) in [5.74, 6) is 0.407. The Morgan fingerprint density at radius 1 is 1.06 bits per heavy atom. The van der Waals surface area contributed by atoms with E-state index in [1.807, 2.05) is 24.3 Å². The largest absolute Gasteiger partial charge is 0.484 e. The number of carbonyl (C=O) groups is 1. The Morgan fingerprint density at radius 3 is 2.42 bits per heavy atom. The van der Waals surface area contributed by atoms with Crippen LogP contribution >= 0.6 is 34.5 Å². The summed E-state index contributed by atoms with van der Waals surface area (Å²) < 4.78 is 5.67. The Balaban J connectivity index is 1.52. The van der Waals surface area contributed by atoms with Gasteiger partial charge in [0.1, 0.15) is 5.75 Å². The van der Waals surface area contributed by atoms with Crippen LogP contribution in [0, 0.1) is 5.41 Å². The lowest BCUT2D eigenvalue weighted by atomic mass is 9.72. The van der Waals surface area contributed by atoms with Crippen molar-refractivity contribution in [3.63, 3.8) is 0 Å². The summed E-state index contributed by atoms with van der Waals surface area (Å²) in [6.07, 6.45) is 3.40. The molecular weight excluding hydrogens is 475 g/mol. The topological polar surface area (TPSA) is 51.2 Å². The molecule has 0 spiro atoms. The van der Waals surface area contributed by atoms with Crippen LogP contribution in [0.4, 0.5) is 5.13 Å². The zero-order chi connectivity index (χ0) is 24.2. The fourth-order valence-electron chi connectivity index (χ4n) is 4.05. The molecule has 0 bridgehead atoms. The number of aromatic nitrogens is 1. The number of benzene rings is 2. The Labute approximate surface area is 210 Å². The second-order valence-electron chi connectivity index (χ2n) is 10.0. The number of halogens is 2. The van der Waals surface area contributed by atoms with E-state index in [1.165, 1.54) is 16.9 Å². The predicted octanol–water partition coefficient (Wildman–Crippen LogP) is 7.77. The summed E-state index contributed by atoms with van der Waals surface area (Å²) in [5.41, 5.74) is 2.48. The quantitative estimate of drug-likeness (QED) is 0.340. The van der Waals surface area contributed by atoms with Crippen molar-refractivity contribution in [3.05, 3.63) is 74.7 Å². The van der Waals surface area contributed by atoms with Gasteiger partial charge in [-0.25, -0.2) is 4.98 Å². The number of anilines is 1. The highest BCUT2D eigenvalue weighted by atomic mass is 35.5. The van der Waals surface area contributed by atoms with Gasteiger partial charge in [0, 0.05) is 17.5 Å². The van der Waals surface area contributed by atoms with Gasteiger partial charge in [-0.05, 0) is 46.6 Å². The number of thiazole rings is 1. The van der Waals surface area contributed by atoms with Crippen molar-refractivity contribution in [1.29, 1.82) is 0 Å². The molecule has 4 nitrogen and oxygen atoms in total. The Kier molecular flexibility index (Phi) is 8.09. The minimum absolute atomic E-state index is 0.0615. The van der Waals surface area contributed by atoms with Gasteiger partial charge in [0.25, 0.3) is 5.91 Å². The van der Waals surface area contributed by atoms with Crippen molar-refractivity contribution in [1.82, 2.24) is 4.98 Å². The number of rotatable bonds is 8. The van der Waals surface area contributed by atoms with E-state index < -0.39 is 0 Å². The summed E-state index contributed by atoms with van der Waals surface area (Å²) >= 11 is 13.7. The maximum atomic E-state index is 12.3. The minimum atomic E-state index is -0.256. The minimum Gasteiger partial charge on any atom is -0.484 e. The van der Waals surface area contributed by atoms with Gasteiger partial charge >= 0.3 is 0 Å². The van der Waals surface area contributed by atoms with E-state index in [0.29, 0.717) is 27.3 Å². The van der Waals surface area contributed by atoms with Crippen LogP contribution in [0.1, 0.15) is 57.0 Å². The molecule has 0 aliphatic carbocycles. The van der Waals surface area contributed by atoms with Gasteiger partial charge in [-0.1, -0.05) is 82.1 Å². The van der Waals surface area contributed by atoms with Crippen molar-refractivity contribution in [2.45, 2.75) is 52.9 Å². The molecule has 33 heavy (non-hydrogen) atoms. The summed E-state index contributed by atoms with van der Waals surface area (Å²) in [6, 6.07) is 13.5. The summed E-state index contributed by atoms with van der Waals surface area (Å²) in [6.45, 7) is 11.2. The SMILES string of the molecule is CC(C)(C)CC(C)(C)c1ccc(OCC(=O)Nc2ncc(Cc3cccc(Cl)c3Cl)s2)cc1. The van der Waals surface area contributed by atoms with Crippen LogP contribution in [0.2, 0.25) is 10.0 Å². The summed E-state index contributed by atoms with van der Waals surface area (Å²) in [4.78, 5) is 17.6. The van der Waals surface area contributed by atoms with Crippen molar-refractivity contribution < 1.29 is 9.53 Å². The summed E-state index contributed by atoms with van der Waals surface area (Å²) in [7, 11) is 0. The van der Waals surface area contributed by atoms with E-state index in [1.54, 1.807) is 12.3 Å². The van der Waals surface area contributed by atoms with Crippen molar-refractivity contribution >= 4 is 45.6 Å². The number of hydrogen-bond donors (Lipinski definition) is 1. The average Bonchev–Trinajstić information content (AvgIpc) is 3.15. The molecule has 0 aliphatic heterocycles. The molecule has 2 aromatic carbocycles. The molecule has 0 aliphatic rings. The van der Waals surface area contributed by atoms with Gasteiger partial charge in [-0.15, -0.1) is 11.3 Å². The second kappa shape index (κ2) is 10.5. The van der Waals surface area contributed by atoms with Crippen LogP contribution in [-0.2, 0) is 16.6 Å². The average molecular weight is 506 g/mol. The molecule has 0 radical (unpaired) electrons. The fraction of sp³-hybridized carbons (Fsp3) is 0.385. The molecule has 3 aromatic rings. The molecule has 1 aromatic heterocycles. The van der Waals surface area contributed by atoms with E-state index >= 15 is 0 Å². The summed E-state index contributed by atoms with van der Waals surface area (Å²) in [5, 5.41) is 4.38. The first-order valence-corrected chi connectivity index (χ1v) is 12.4. The molecule has 1 amide bonds. The first kappa shape index (κ1) is 25.5. The van der Waals surface area contributed by atoms with Crippen LogP contribution in [0.25, 0.3) is 0 Å². The number of carbonyl (C=O) groups excluding carboxylic acids is 1. The van der Waals surface area contributed by atoms with E-state index in [4.69, 9.17) is 27.9 Å². The molecule has 0 saturated heterocycles. The van der Waals surface area contributed by atoms with Gasteiger partial charge in [0.2, 0.25) is 0 Å². The molecule has 176 valence electrons. The molecule has 1 heterocycles. The third-order valence-corrected chi connectivity index (χ3v) is 6.94. The zero-order valence-electron chi connectivity index (χ0n) is 19.7. The zero-order valence-corrected chi connectivity index (χ0v) is 22.0. The van der Waals surface area contributed by atoms with Crippen molar-refractivity contribution in [3.8, 4) is 5.75 Å². The molecule has 1 N–H and O–H groups in total. The standard InChI is InChI=1S/C26H30Cl2N2O2S/c1-25(2,3)16-26(4,5)18-9-11-19(12-10-18)32-15-22(31)30-24-29-14-20(33-24)13-17-7-6-8-21(27)23(17)28/h6-12,14H,13,15-16H2,1-5H3,(H,29,30,31). The van der Waals surface area contributed by atoms with Gasteiger partial charge in [0.05, 0.1) is 10.0 Å². The molecular formula is C26H30Cl2N2O2S. The maximum Gasteiger partial charge on any atom is 0.264 e. The predicted molar refractivity (Wildman–Crippen MR) is 139 cm³/mol. The number of amides is 1. The van der Waals surface area contributed by atoms with Crippen LogP contribution in [0.5, 0.6) is 5.75 Å². The van der Waals surface area contributed by atoms with Gasteiger partial charge < -0.3 is 4.74 Å². The third-order valence-electron chi connectivity index (χ3n) is 5.17. The van der Waals surface area contributed by atoms with E-state index in [2.05, 4.69) is 57.1 Å². The van der Waals surface area contributed by atoms with Gasteiger partial charge in [-0.2, -0.15) is 0 Å². The smallest absolute Gasteiger partial charge is 0.264 e. The Bertz CT molecular complexity index is 1100. The second-order valence-corrected chi connectivity index (χ2v) is 11.9. The van der Waals surface area contributed by atoms with Gasteiger partial charge in [-0.3, -0.25) is 10.1 Å². The monoisotopic (exact) mass is 504 g/mol. The van der Waals surface area contributed by atoms with E-state index in [0.717, 1.165) is 16.9 Å². The van der Waals surface area contributed by atoms with E-state index in [-0.39, 0.29) is 23.3 Å². The molecule has 0 saturated carbocycles. The van der Waals surface area contributed by atoms with Crippen LogP contribution in [0.15, 0.2) is 48.7 Å². The fourth-order valence-corrected chi connectivity index (χ4v) is 5.29. The molecule has 7 heteroatoms. The molecule has 0 atom stereocenters. The first-order chi connectivity index (χ1) is 15.4. The Morgan fingerprint density at radius 2 is 1.76 bits per heavy atom. The van der Waals surface area contributed by atoms with Crippen molar-refractivity contribution in [2.24, 2.45) is 5.41 Å². The highest BCUT2D eigenvalue weighted by Crippen LogP contribution is 2.36. The first-order valence-electron chi connectivity index (χ1n) is 10.8.